The summed E-state index contributed by atoms with van der Waals surface area (Å²) < 4.78 is 14.6. The van der Waals surface area contributed by atoms with Crippen molar-refractivity contribution in [2.45, 2.75) is 0 Å². The van der Waals surface area contributed by atoms with Crippen LogP contribution < -0.4 is 0 Å². The summed E-state index contributed by atoms with van der Waals surface area (Å²) in [4.78, 5) is 8.48. The van der Waals surface area contributed by atoms with Crippen molar-refractivity contribution in [2.24, 2.45) is 7.05 Å². The number of halogens is 3. The van der Waals surface area contributed by atoms with E-state index in [1.165, 1.54) is 12.1 Å². The molecule has 0 fully saturated rings. The van der Waals surface area contributed by atoms with E-state index in [0.29, 0.717) is 22.5 Å². The normalized spacial score (nSPS) is 10.9. The van der Waals surface area contributed by atoms with Gasteiger partial charge in [-0.25, -0.2) is 14.4 Å². The van der Waals surface area contributed by atoms with E-state index in [2.05, 4.69) is 15.1 Å². The van der Waals surface area contributed by atoms with Gasteiger partial charge in [-0.15, -0.1) is 0 Å². The van der Waals surface area contributed by atoms with Crippen LogP contribution in [0, 0.1) is 5.82 Å². The van der Waals surface area contributed by atoms with E-state index < -0.39 is 0 Å². The lowest BCUT2D eigenvalue weighted by Gasteiger charge is -2.07. The number of hydrogen-bond acceptors (Lipinski definition) is 3. The van der Waals surface area contributed by atoms with E-state index in [1.54, 1.807) is 36.3 Å². The third kappa shape index (κ3) is 2.75. The number of nitrogens with zero attached hydrogens (tertiary/aromatic N) is 4. The first-order chi connectivity index (χ1) is 10.0. The fraction of sp³-hybridized carbons (Fsp3) is 0.0714. The van der Waals surface area contributed by atoms with Crippen LogP contribution in [0.15, 0.2) is 36.7 Å². The quantitative estimate of drug-likeness (QED) is 0.670. The van der Waals surface area contributed by atoms with Crippen molar-refractivity contribution >= 4 is 23.2 Å². The Labute approximate surface area is 130 Å². The second kappa shape index (κ2) is 5.42. The molecule has 0 N–H and O–H groups in total. The highest BCUT2D eigenvalue weighted by Crippen LogP contribution is 2.34. The van der Waals surface area contributed by atoms with E-state index in [0.717, 1.165) is 0 Å². The van der Waals surface area contributed by atoms with Crippen LogP contribution in [-0.2, 0) is 7.05 Å². The van der Waals surface area contributed by atoms with Gasteiger partial charge in [-0.1, -0.05) is 35.3 Å². The van der Waals surface area contributed by atoms with Crippen LogP contribution in [0.2, 0.25) is 10.3 Å². The fourth-order valence-corrected chi connectivity index (χ4v) is 2.53. The second-order valence-corrected chi connectivity index (χ2v) is 5.13. The van der Waals surface area contributed by atoms with Crippen molar-refractivity contribution in [1.82, 2.24) is 19.7 Å². The van der Waals surface area contributed by atoms with Gasteiger partial charge in [-0.05, 0) is 17.7 Å². The molecule has 3 aromatic rings. The van der Waals surface area contributed by atoms with Gasteiger partial charge in [0.1, 0.15) is 16.1 Å². The van der Waals surface area contributed by atoms with Crippen LogP contribution in [0.5, 0.6) is 0 Å². The van der Waals surface area contributed by atoms with E-state index >= 15 is 0 Å². The van der Waals surface area contributed by atoms with Crippen LogP contribution in [0.3, 0.4) is 0 Å². The molecule has 3 rings (SSSR count). The summed E-state index contributed by atoms with van der Waals surface area (Å²) in [5.74, 6) is 0.0582. The maximum Gasteiger partial charge on any atom is 0.165 e. The van der Waals surface area contributed by atoms with Gasteiger partial charge in [0.05, 0.1) is 17.3 Å². The summed E-state index contributed by atoms with van der Waals surface area (Å²) in [7, 11) is 1.79. The summed E-state index contributed by atoms with van der Waals surface area (Å²) in [6.07, 6.45) is 3.39. The first-order valence-electron chi connectivity index (χ1n) is 6.02. The minimum atomic E-state index is -0.334. The molecule has 0 spiro atoms. The zero-order valence-electron chi connectivity index (χ0n) is 10.9. The monoisotopic (exact) mass is 322 g/mol. The lowest BCUT2D eigenvalue weighted by atomic mass is 10.1. The summed E-state index contributed by atoms with van der Waals surface area (Å²) >= 11 is 12.4. The van der Waals surface area contributed by atoms with Crippen molar-refractivity contribution in [1.29, 1.82) is 0 Å². The van der Waals surface area contributed by atoms with E-state index in [9.17, 15) is 4.39 Å². The lowest BCUT2D eigenvalue weighted by Crippen LogP contribution is -1.94. The molecule has 7 heteroatoms. The average Bonchev–Trinajstić information content (AvgIpc) is 2.87. The molecule has 1 aromatic carbocycles. The Kier molecular flexibility index (Phi) is 3.61. The third-order valence-corrected chi connectivity index (χ3v) is 3.46. The Morgan fingerprint density at radius 3 is 2.14 bits per heavy atom. The maximum atomic E-state index is 13.0. The van der Waals surface area contributed by atoms with Crippen LogP contribution in [0.25, 0.3) is 22.5 Å². The zero-order chi connectivity index (χ0) is 15.0. The number of aromatic nitrogens is 4. The Balaban J connectivity index is 2.10. The molecule has 0 saturated heterocycles. The van der Waals surface area contributed by atoms with Crippen molar-refractivity contribution in [2.75, 3.05) is 0 Å². The average molecular weight is 323 g/mol. The molecule has 0 unspecified atom stereocenters. The van der Waals surface area contributed by atoms with E-state index in [4.69, 9.17) is 23.2 Å². The predicted octanol–water partition coefficient (Wildman–Crippen LogP) is 3.99. The minimum Gasteiger partial charge on any atom is -0.275 e. The topological polar surface area (TPSA) is 43.6 Å². The van der Waals surface area contributed by atoms with Gasteiger partial charge in [-0.3, -0.25) is 4.68 Å². The Morgan fingerprint density at radius 2 is 1.62 bits per heavy atom. The van der Waals surface area contributed by atoms with Crippen molar-refractivity contribution in [3.8, 4) is 22.5 Å². The van der Waals surface area contributed by atoms with Gasteiger partial charge in [0.25, 0.3) is 0 Å². The van der Waals surface area contributed by atoms with Crippen molar-refractivity contribution < 1.29 is 4.39 Å². The highest BCUT2D eigenvalue weighted by atomic mass is 35.5. The molecular weight excluding hydrogens is 314 g/mol. The van der Waals surface area contributed by atoms with Gasteiger partial charge in [0.15, 0.2) is 5.82 Å². The molecule has 0 aliphatic heterocycles. The number of rotatable bonds is 2. The molecule has 2 aromatic heterocycles. The smallest absolute Gasteiger partial charge is 0.165 e. The Hall–Kier alpha value is -1.98. The molecule has 106 valence electrons. The SMILES string of the molecule is Cn1cc(-c2nc(Cl)c(-c3ccc(F)cc3)c(Cl)n2)cn1. The molecule has 21 heavy (non-hydrogen) atoms. The highest BCUT2D eigenvalue weighted by molar-refractivity contribution is 6.37. The summed E-state index contributed by atoms with van der Waals surface area (Å²) in [6.45, 7) is 0. The van der Waals surface area contributed by atoms with E-state index in [1.807, 2.05) is 0 Å². The molecular formula is C14H9Cl2FN4. The maximum absolute atomic E-state index is 13.0. The summed E-state index contributed by atoms with van der Waals surface area (Å²) in [6, 6.07) is 5.82. The molecule has 0 atom stereocenters. The Bertz CT molecular complexity index is 776. The van der Waals surface area contributed by atoms with Gasteiger partial charge in [-0.2, -0.15) is 5.10 Å². The van der Waals surface area contributed by atoms with Crippen molar-refractivity contribution in [3.63, 3.8) is 0 Å². The number of aryl methyl sites for hydroxylation is 1. The first-order valence-corrected chi connectivity index (χ1v) is 6.78. The molecule has 0 amide bonds. The predicted molar refractivity (Wildman–Crippen MR) is 79.6 cm³/mol. The zero-order valence-corrected chi connectivity index (χ0v) is 12.4. The summed E-state index contributed by atoms with van der Waals surface area (Å²) in [5, 5.41) is 4.47. The van der Waals surface area contributed by atoms with Crippen LogP contribution in [-0.4, -0.2) is 19.7 Å². The molecule has 0 bridgehead atoms. The number of benzene rings is 1. The van der Waals surface area contributed by atoms with Crippen LogP contribution in [0.1, 0.15) is 0 Å². The minimum absolute atomic E-state index is 0.209. The molecule has 2 heterocycles. The molecule has 0 aliphatic rings. The fourth-order valence-electron chi connectivity index (χ4n) is 1.93. The molecule has 0 radical (unpaired) electrons. The standard InChI is InChI=1S/C14H9Cl2FN4/c1-21-7-9(6-18-21)14-19-12(15)11(13(16)20-14)8-2-4-10(17)5-3-8/h2-7H,1H3. The molecule has 0 saturated carbocycles. The van der Waals surface area contributed by atoms with Crippen LogP contribution >= 0.6 is 23.2 Å². The van der Waals surface area contributed by atoms with Crippen LogP contribution in [0.4, 0.5) is 4.39 Å². The highest BCUT2D eigenvalue weighted by Gasteiger charge is 2.15. The largest absolute Gasteiger partial charge is 0.275 e. The first kappa shape index (κ1) is 14.0. The summed E-state index contributed by atoms with van der Waals surface area (Å²) in [5.41, 5.74) is 1.85. The van der Waals surface area contributed by atoms with Crippen molar-refractivity contribution in [3.05, 3.63) is 52.8 Å². The van der Waals surface area contributed by atoms with Gasteiger partial charge in [0, 0.05) is 13.2 Å². The van der Waals surface area contributed by atoms with Gasteiger partial charge in [0.2, 0.25) is 0 Å². The third-order valence-electron chi connectivity index (χ3n) is 2.92. The molecule has 0 aliphatic carbocycles. The van der Waals surface area contributed by atoms with Gasteiger partial charge < -0.3 is 0 Å². The Morgan fingerprint density at radius 1 is 1.00 bits per heavy atom. The molecule has 4 nitrogen and oxygen atoms in total. The number of hydrogen-bond donors (Lipinski definition) is 0. The van der Waals surface area contributed by atoms with Gasteiger partial charge >= 0.3 is 0 Å². The van der Waals surface area contributed by atoms with E-state index in [-0.39, 0.29) is 16.1 Å². The second-order valence-electron chi connectivity index (χ2n) is 4.41. The lowest BCUT2D eigenvalue weighted by molar-refractivity contribution is 0.628.